The Labute approximate surface area is 182 Å². The standard InChI is InChI=1S/C22H18ClN3O5/c23-17-9-6-15(7-10-17)21(14-4-2-1-3-5-14)25-20(27)13-31-22(28)16-8-11-18(24)19(12-16)26(29)30/h1-12,21H,13,24H2,(H,25,27). The number of nitrogens with two attached hydrogens (primary N) is 1. The molecule has 0 aliphatic rings. The highest BCUT2D eigenvalue weighted by atomic mass is 35.5. The van der Waals surface area contributed by atoms with Crippen molar-refractivity contribution in [3.63, 3.8) is 0 Å². The molecule has 0 bridgehead atoms. The molecular formula is C22H18ClN3O5. The lowest BCUT2D eigenvalue weighted by molar-refractivity contribution is -0.383. The zero-order valence-electron chi connectivity index (χ0n) is 16.2. The number of nitrogens with one attached hydrogen (secondary N) is 1. The first-order chi connectivity index (χ1) is 14.8. The van der Waals surface area contributed by atoms with Crippen LogP contribution in [0.25, 0.3) is 0 Å². The Kier molecular flexibility index (Phi) is 6.84. The van der Waals surface area contributed by atoms with E-state index in [1.165, 1.54) is 12.1 Å². The van der Waals surface area contributed by atoms with Gasteiger partial charge in [0, 0.05) is 11.1 Å². The van der Waals surface area contributed by atoms with E-state index in [2.05, 4.69) is 5.32 Å². The molecule has 1 atom stereocenters. The van der Waals surface area contributed by atoms with Crippen LogP contribution in [0.5, 0.6) is 0 Å². The van der Waals surface area contributed by atoms with E-state index in [0.717, 1.165) is 17.2 Å². The minimum absolute atomic E-state index is 0.0760. The average Bonchev–Trinajstić information content (AvgIpc) is 2.77. The first-order valence-electron chi connectivity index (χ1n) is 9.16. The second kappa shape index (κ2) is 9.73. The first kappa shape index (κ1) is 21.8. The molecule has 0 spiro atoms. The number of nitro benzene ring substituents is 1. The van der Waals surface area contributed by atoms with Crippen LogP contribution in [-0.2, 0) is 9.53 Å². The maximum atomic E-state index is 12.5. The Morgan fingerprint density at radius 1 is 1.03 bits per heavy atom. The Morgan fingerprint density at radius 3 is 2.32 bits per heavy atom. The van der Waals surface area contributed by atoms with Crippen LogP contribution in [0.15, 0.2) is 72.8 Å². The molecule has 9 heteroatoms. The molecule has 1 amide bonds. The summed E-state index contributed by atoms with van der Waals surface area (Å²) in [7, 11) is 0. The second-order valence-corrected chi connectivity index (χ2v) is 7.01. The number of nitrogens with zero attached hydrogens (tertiary/aromatic N) is 1. The number of esters is 1. The third kappa shape index (κ3) is 5.58. The summed E-state index contributed by atoms with van der Waals surface area (Å²) in [5, 5.41) is 14.4. The predicted octanol–water partition coefficient (Wildman–Crippen LogP) is 3.89. The van der Waals surface area contributed by atoms with Crippen molar-refractivity contribution in [1.29, 1.82) is 0 Å². The highest BCUT2D eigenvalue weighted by molar-refractivity contribution is 6.30. The van der Waals surface area contributed by atoms with Crippen LogP contribution in [0.1, 0.15) is 27.5 Å². The molecule has 3 N–H and O–H groups in total. The SMILES string of the molecule is Nc1ccc(C(=O)OCC(=O)NC(c2ccccc2)c2ccc(Cl)cc2)cc1[N+](=O)[O-]. The van der Waals surface area contributed by atoms with Gasteiger partial charge in [0.05, 0.1) is 16.5 Å². The van der Waals surface area contributed by atoms with Gasteiger partial charge < -0.3 is 15.8 Å². The molecule has 0 radical (unpaired) electrons. The highest BCUT2D eigenvalue weighted by Gasteiger charge is 2.20. The fraction of sp³-hybridized carbons (Fsp3) is 0.0909. The minimum Gasteiger partial charge on any atom is -0.452 e. The third-order valence-electron chi connectivity index (χ3n) is 4.44. The number of benzene rings is 3. The molecule has 3 aromatic carbocycles. The van der Waals surface area contributed by atoms with Crippen molar-refractivity contribution in [3.05, 3.63) is 105 Å². The zero-order valence-corrected chi connectivity index (χ0v) is 16.9. The molecule has 0 aromatic heterocycles. The van der Waals surface area contributed by atoms with E-state index in [1.807, 2.05) is 30.3 Å². The number of carbonyl (C=O) groups is 2. The minimum atomic E-state index is -0.874. The van der Waals surface area contributed by atoms with E-state index in [9.17, 15) is 19.7 Å². The quantitative estimate of drug-likeness (QED) is 0.249. The number of halogens is 1. The number of ether oxygens (including phenoxy) is 1. The summed E-state index contributed by atoms with van der Waals surface area (Å²) in [6, 6.07) is 19.3. The molecule has 0 aliphatic heterocycles. The van der Waals surface area contributed by atoms with Crippen LogP contribution in [0.3, 0.4) is 0 Å². The Balaban J connectivity index is 1.70. The van der Waals surface area contributed by atoms with Crippen molar-refractivity contribution in [3.8, 4) is 0 Å². The van der Waals surface area contributed by atoms with Crippen LogP contribution in [-0.4, -0.2) is 23.4 Å². The van der Waals surface area contributed by atoms with Crippen molar-refractivity contribution >= 4 is 34.9 Å². The molecule has 158 valence electrons. The number of hydrogen-bond acceptors (Lipinski definition) is 6. The van der Waals surface area contributed by atoms with E-state index in [0.29, 0.717) is 5.02 Å². The number of amides is 1. The van der Waals surface area contributed by atoms with Crippen molar-refractivity contribution in [2.24, 2.45) is 0 Å². The van der Waals surface area contributed by atoms with Crippen LogP contribution in [0.4, 0.5) is 11.4 Å². The average molecular weight is 440 g/mol. The molecule has 0 saturated carbocycles. The number of hydrogen-bond donors (Lipinski definition) is 2. The number of rotatable bonds is 7. The van der Waals surface area contributed by atoms with Crippen LogP contribution in [0, 0.1) is 10.1 Å². The van der Waals surface area contributed by atoms with Gasteiger partial charge in [-0.05, 0) is 35.4 Å². The summed E-state index contributed by atoms with van der Waals surface area (Å²) in [4.78, 5) is 35.0. The molecule has 3 aromatic rings. The fourth-order valence-electron chi connectivity index (χ4n) is 2.91. The summed E-state index contributed by atoms with van der Waals surface area (Å²) in [6.07, 6.45) is 0. The van der Waals surface area contributed by atoms with Crippen molar-refractivity contribution in [1.82, 2.24) is 5.32 Å². The number of nitro groups is 1. The topological polar surface area (TPSA) is 125 Å². The first-order valence-corrected chi connectivity index (χ1v) is 9.54. The van der Waals surface area contributed by atoms with Gasteiger partial charge in [-0.1, -0.05) is 54.1 Å². The summed E-state index contributed by atoms with van der Waals surface area (Å²) >= 11 is 5.96. The monoisotopic (exact) mass is 439 g/mol. The lowest BCUT2D eigenvalue weighted by Gasteiger charge is -2.20. The zero-order chi connectivity index (χ0) is 22.4. The number of anilines is 1. The smallest absolute Gasteiger partial charge is 0.338 e. The Bertz CT molecular complexity index is 1100. The van der Waals surface area contributed by atoms with E-state index < -0.39 is 35.1 Å². The van der Waals surface area contributed by atoms with Gasteiger partial charge in [-0.3, -0.25) is 14.9 Å². The van der Waals surface area contributed by atoms with Gasteiger partial charge in [-0.2, -0.15) is 0 Å². The molecular weight excluding hydrogens is 422 g/mol. The van der Waals surface area contributed by atoms with Gasteiger partial charge in [-0.25, -0.2) is 4.79 Å². The molecule has 1 unspecified atom stereocenters. The molecule has 0 heterocycles. The normalized spacial score (nSPS) is 11.4. The number of carbonyl (C=O) groups excluding carboxylic acids is 2. The van der Waals surface area contributed by atoms with Crippen molar-refractivity contribution in [2.45, 2.75) is 6.04 Å². The maximum absolute atomic E-state index is 12.5. The summed E-state index contributed by atoms with van der Waals surface area (Å²) in [5.41, 5.74) is 6.58. The van der Waals surface area contributed by atoms with Gasteiger partial charge in [0.1, 0.15) is 5.69 Å². The highest BCUT2D eigenvalue weighted by Crippen LogP contribution is 2.24. The van der Waals surface area contributed by atoms with E-state index in [-0.39, 0.29) is 11.3 Å². The predicted molar refractivity (Wildman–Crippen MR) is 116 cm³/mol. The number of nitrogen functional groups attached to an aromatic ring is 1. The summed E-state index contributed by atoms with van der Waals surface area (Å²) < 4.78 is 5.02. The van der Waals surface area contributed by atoms with Crippen LogP contribution < -0.4 is 11.1 Å². The molecule has 8 nitrogen and oxygen atoms in total. The van der Waals surface area contributed by atoms with Crippen LogP contribution in [0.2, 0.25) is 5.02 Å². The Hall–Kier alpha value is -3.91. The van der Waals surface area contributed by atoms with E-state index in [4.69, 9.17) is 22.1 Å². The van der Waals surface area contributed by atoms with Gasteiger partial charge in [0.15, 0.2) is 6.61 Å². The molecule has 0 saturated heterocycles. The molecule has 0 aliphatic carbocycles. The van der Waals surface area contributed by atoms with Gasteiger partial charge in [0.2, 0.25) is 0 Å². The summed E-state index contributed by atoms with van der Waals surface area (Å²) in [5.74, 6) is -1.41. The largest absolute Gasteiger partial charge is 0.452 e. The second-order valence-electron chi connectivity index (χ2n) is 6.57. The molecule has 3 rings (SSSR count). The van der Waals surface area contributed by atoms with E-state index >= 15 is 0 Å². The van der Waals surface area contributed by atoms with Gasteiger partial charge >= 0.3 is 5.97 Å². The lowest BCUT2D eigenvalue weighted by Crippen LogP contribution is -2.33. The lowest BCUT2D eigenvalue weighted by atomic mass is 9.99. The Morgan fingerprint density at radius 2 is 1.68 bits per heavy atom. The molecule has 0 fully saturated rings. The van der Waals surface area contributed by atoms with E-state index in [1.54, 1.807) is 24.3 Å². The molecule has 31 heavy (non-hydrogen) atoms. The summed E-state index contributed by atoms with van der Waals surface area (Å²) in [6.45, 7) is -0.562. The van der Waals surface area contributed by atoms with Crippen molar-refractivity contribution < 1.29 is 19.2 Å². The third-order valence-corrected chi connectivity index (χ3v) is 4.69. The fourth-order valence-corrected chi connectivity index (χ4v) is 3.03. The van der Waals surface area contributed by atoms with Crippen LogP contribution >= 0.6 is 11.6 Å². The van der Waals surface area contributed by atoms with Gasteiger partial charge in [-0.15, -0.1) is 0 Å². The maximum Gasteiger partial charge on any atom is 0.338 e. The van der Waals surface area contributed by atoms with Gasteiger partial charge in [0.25, 0.3) is 11.6 Å². The van der Waals surface area contributed by atoms with Crippen molar-refractivity contribution in [2.75, 3.05) is 12.3 Å².